The van der Waals surface area contributed by atoms with Gasteiger partial charge in [0.15, 0.2) is 0 Å². The quantitative estimate of drug-likeness (QED) is 0.610. The summed E-state index contributed by atoms with van der Waals surface area (Å²) in [7, 11) is 0. The molecule has 3 nitrogen and oxygen atoms in total. The van der Waals surface area contributed by atoms with E-state index in [1.54, 1.807) is 29.3 Å². The zero-order chi connectivity index (χ0) is 16.9. The smallest absolute Gasteiger partial charge is 0.256 e. The molecule has 24 heavy (non-hydrogen) atoms. The minimum absolute atomic E-state index is 0.0826. The number of carbonyl (C=O) groups excluding carboxylic acids is 1. The Morgan fingerprint density at radius 1 is 1.12 bits per heavy atom. The highest BCUT2D eigenvalue weighted by Crippen LogP contribution is 2.28. The second-order valence-corrected chi connectivity index (χ2v) is 8.04. The van der Waals surface area contributed by atoms with Crippen molar-refractivity contribution in [1.29, 1.82) is 0 Å². The molecule has 1 aromatic heterocycles. The molecule has 0 spiro atoms. The molecule has 2 aromatic carbocycles. The van der Waals surface area contributed by atoms with E-state index >= 15 is 0 Å². The summed E-state index contributed by atoms with van der Waals surface area (Å²) in [5.41, 5.74) is 2.55. The summed E-state index contributed by atoms with van der Waals surface area (Å²) in [5, 5.41) is 6.33. The van der Waals surface area contributed by atoms with Gasteiger partial charge in [-0.25, -0.2) is 4.98 Å². The van der Waals surface area contributed by atoms with E-state index in [-0.39, 0.29) is 5.91 Å². The summed E-state index contributed by atoms with van der Waals surface area (Å²) in [4.78, 5) is 17.9. The van der Waals surface area contributed by atoms with Gasteiger partial charge in [-0.2, -0.15) is 0 Å². The summed E-state index contributed by atoms with van der Waals surface area (Å²) >= 11 is 3.30. The fourth-order valence-corrected chi connectivity index (χ4v) is 3.87. The van der Waals surface area contributed by atoms with Gasteiger partial charge in [0.05, 0.1) is 5.56 Å². The van der Waals surface area contributed by atoms with E-state index < -0.39 is 0 Å². The van der Waals surface area contributed by atoms with E-state index in [0.29, 0.717) is 10.8 Å². The standard InChI is InChI=1S/C19H18N2OS2/c1-13(2)24-17-6-4-3-5-16(17)18(22)21-15-9-7-14(8-10-15)19-20-11-12-23-19/h3-13H,1-2H3,(H,21,22). The molecule has 0 bridgehead atoms. The molecule has 0 aliphatic carbocycles. The number of nitrogens with one attached hydrogen (secondary N) is 1. The first kappa shape index (κ1) is 16.7. The molecule has 1 amide bonds. The van der Waals surface area contributed by atoms with Gasteiger partial charge in [0.2, 0.25) is 0 Å². The van der Waals surface area contributed by atoms with Crippen LogP contribution in [0.15, 0.2) is 65.0 Å². The van der Waals surface area contributed by atoms with Crippen LogP contribution in [0.25, 0.3) is 10.6 Å². The first-order valence-electron chi connectivity index (χ1n) is 7.70. The van der Waals surface area contributed by atoms with E-state index in [9.17, 15) is 4.79 Å². The Morgan fingerprint density at radius 3 is 2.54 bits per heavy atom. The number of hydrogen-bond acceptors (Lipinski definition) is 4. The highest BCUT2D eigenvalue weighted by molar-refractivity contribution is 8.00. The van der Waals surface area contributed by atoms with Gasteiger partial charge in [-0.1, -0.05) is 26.0 Å². The molecule has 122 valence electrons. The maximum Gasteiger partial charge on any atom is 0.256 e. The molecule has 0 fully saturated rings. The Balaban J connectivity index is 1.75. The third kappa shape index (κ3) is 4.04. The number of benzene rings is 2. The first-order chi connectivity index (χ1) is 11.6. The maximum absolute atomic E-state index is 12.6. The van der Waals surface area contributed by atoms with Gasteiger partial charge < -0.3 is 5.32 Å². The van der Waals surface area contributed by atoms with Crippen molar-refractivity contribution in [1.82, 2.24) is 4.98 Å². The molecule has 1 N–H and O–H groups in total. The van der Waals surface area contributed by atoms with Crippen molar-refractivity contribution in [3.63, 3.8) is 0 Å². The minimum Gasteiger partial charge on any atom is -0.322 e. The zero-order valence-electron chi connectivity index (χ0n) is 13.5. The van der Waals surface area contributed by atoms with Crippen molar-refractivity contribution in [2.45, 2.75) is 24.0 Å². The van der Waals surface area contributed by atoms with Crippen LogP contribution in [0.4, 0.5) is 5.69 Å². The maximum atomic E-state index is 12.6. The largest absolute Gasteiger partial charge is 0.322 e. The summed E-state index contributed by atoms with van der Waals surface area (Å²) < 4.78 is 0. The average molecular weight is 355 g/mol. The van der Waals surface area contributed by atoms with Crippen LogP contribution < -0.4 is 5.32 Å². The van der Waals surface area contributed by atoms with E-state index in [1.165, 1.54) is 0 Å². The first-order valence-corrected chi connectivity index (χ1v) is 9.46. The van der Waals surface area contributed by atoms with Gasteiger partial charge in [-0.15, -0.1) is 23.1 Å². The SMILES string of the molecule is CC(C)Sc1ccccc1C(=O)Nc1ccc(-c2nccs2)cc1. The lowest BCUT2D eigenvalue weighted by Crippen LogP contribution is -2.13. The number of amides is 1. The molecule has 5 heteroatoms. The Hall–Kier alpha value is -2.11. The van der Waals surface area contributed by atoms with E-state index in [4.69, 9.17) is 0 Å². The van der Waals surface area contributed by atoms with Crippen LogP contribution in [0.3, 0.4) is 0 Å². The van der Waals surface area contributed by atoms with Crippen molar-refractivity contribution >= 4 is 34.7 Å². The number of thioether (sulfide) groups is 1. The third-order valence-electron chi connectivity index (χ3n) is 3.32. The number of carbonyl (C=O) groups is 1. The predicted octanol–water partition coefficient (Wildman–Crippen LogP) is 5.56. The molecule has 3 rings (SSSR count). The molecule has 0 aliphatic rings. The number of anilines is 1. The number of nitrogens with zero attached hydrogens (tertiary/aromatic N) is 1. The molecular weight excluding hydrogens is 336 g/mol. The lowest BCUT2D eigenvalue weighted by atomic mass is 10.2. The predicted molar refractivity (Wildman–Crippen MR) is 103 cm³/mol. The molecule has 0 aliphatic heterocycles. The van der Waals surface area contributed by atoms with E-state index in [1.807, 2.05) is 53.9 Å². The van der Waals surface area contributed by atoms with Crippen molar-refractivity contribution in [3.05, 3.63) is 65.7 Å². The Kier molecular flexibility index (Phi) is 5.33. The van der Waals surface area contributed by atoms with Gasteiger partial charge in [0.25, 0.3) is 5.91 Å². The van der Waals surface area contributed by atoms with Crippen molar-refractivity contribution in [2.75, 3.05) is 5.32 Å². The van der Waals surface area contributed by atoms with Crippen LogP contribution in [-0.4, -0.2) is 16.1 Å². The van der Waals surface area contributed by atoms with Crippen molar-refractivity contribution in [3.8, 4) is 10.6 Å². The van der Waals surface area contributed by atoms with Crippen molar-refractivity contribution in [2.24, 2.45) is 0 Å². The van der Waals surface area contributed by atoms with Gasteiger partial charge in [-0.05, 0) is 36.4 Å². The van der Waals surface area contributed by atoms with Crippen LogP contribution in [0, 0.1) is 0 Å². The summed E-state index contributed by atoms with van der Waals surface area (Å²) in [6.07, 6.45) is 1.79. The normalized spacial score (nSPS) is 10.8. The van der Waals surface area contributed by atoms with Gasteiger partial charge >= 0.3 is 0 Å². The molecule has 1 heterocycles. The highest BCUT2D eigenvalue weighted by atomic mass is 32.2. The molecule has 0 saturated carbocycles. The number of rotatable bonds is 5. The monoisotopic (exact) mass is 354 g/mol. The van der Waals surface area contributed by atoms with Crippen LogP contribution in [0.1, 0.15) is 24.2 Å². The molecule has 3 aromatic rings. The van der Waals surface area contributed by atoms with E-state index in [2.05, 4.69) is 24.1 Å². The second-order valence-electron chi connectivity index (χ2n) is 5.53. The Morgan fingerprint density at radius 2 is 1.88 bits per heavy atom. The summed E-state index contributed by atoms with van der Waals surface area (Å²) in [6, 6.07) is 15.5. The lowest BCUT2D eigenvalue weighted by Gasteiger charge is -2.11. The Labute approximate surface area is 150 Å². The van der Waals surface area contributed by atoms with Gasteiger partial charge in [0.1, 0.15) is 5.01 Å². The van der Waals surface area contributed by atoms with Crippen LogP contribution in [-0.2, 0) is 0 Å². The van der Waals surface area contributed by atoms with Crippen LogP contribution in [0.2, 0.25) is 0 Å². The Bertz CT molecular complexity index is 812. The number of aromatic nitrogens is 1. The number of hydrogen-bond donors (Lipinski definition) is 1. The zero-order valence-corrected chi connectivity index (χ0v) is 15.2. The van der Waals surface area contributed by atoms with Gasteiger partial charge in [0, 0.05) is 33.0 Å². The van der Waals surface area contributed by atoms with E-state index in [0.717, 1.165) is 21.2 Å². The molecule has 0 saturated heterocycles. The minimum atomic E-state index is -0.0826. The average Bonchev–Trinajstić information content (AvgIpc) is 3.10. The van der Waals surface area contributed by atoms with Gasteiger partial charge in [-0.3, -0.25) is 4.79 Å². The lowest BCUT2D eigenvalue weighted by molar-refractivity contribution is 0.102. The van der Waals surface area contributed by atoms with Crippen LogP contribution >= 0.6 is 23.1 Å². The van der Waals surface area contributed by atoms with Crippen molar-refractivity contribution < 1.29 is 4.79 Å². The molecular formula is C19H18N2OS2. The molecule has 0 radical (unpaired) electrons. The topological polar surface area (TPSA) is 42.0 Å². The summed E-state index contributed by atoms with van der Waals surface area (Å²) in [6.45, 7) is 4.24. The third-order valence-corrected chi connectivity index (χ3v) is 5.22. The fourth-order valence-electron chi connectivity index (χ4n) is 2.27. The molecule has 0 unspecified atom stereocenters. The van der Waals surface area contributed by atoms with Crippen LogP contribution in [0.5, 0.6) is 0 Å². The fraction of sp³-hybridized carbons (Fsp3) is 0.158. The number of thiazole rings is 1. The second kappa shape index (κ2) is 7.64. The highest BCUT2D eigenvalue weighted by Gasteiger charge is 2.13. The molecule has 0 atom stereocenters. The summed E-state index contributed by atoms with van der Waals surface area (Å²) in [5.74, 6) is -0.0826.